The zero-order chi connectivity index (χ0) is 12.8. The highest BCUT2D eigenvalue weighted by Gasteiger charge is 2.54. The Morgan fingerprint density at radius 1 is 1.39 bits per heavy atom. The van der Waals surface area contributed by atoms with Crippen molar-refractivity contribution in [2.45, 2.75) is 17.9 Å². The Morgan fingerprint density at radius 2 is 2.22 bits per heavy atom. The van der Waals surface area contributed by atoms with Crippen molar-refractivity contribution in [1.82, 2.24) is 0 Å². The van der Waals surface area contributed by atoms with Crippen LogP contribution in [-0.4, -0.2) is 14.2 Å². The molecule has 0 saturated heterocycles. The largest absolute Gasteiger partial charge is 0.496 e. The number of rotatable bonds is 2. The van der Waals surface area contributed by atoms with Crippen LogP contribution in [0.3, 0.4) is 0 Å². The zero-order valence-electron chi connectivity index (χ0n) is 10.5. The Hall–Kier alpha value is -1.79. The van der Waals surface area contributed by atoms with Gasteiger partial charge in [-0.25, -0.2) is 0 Å². The Balaban J connectivity index is 2.30. The molecule has 0 saturated carbocycles. The fraction of sp³-hybridized carbons (Fsp3) is 0.400. The molecule has 0 heterocycles. The van der Waals surface area contributed by atoms with Crippen molar-refractivity contribution < 1.29 is 9.47 Å². The predicted molar refractivity (Wildman–Crippen MR) is 67.3 cm³/mol. The number of nitrogens with zero attached hydrogens (tertiary/aromatic N) is 1. The third-order valence-electron chi connectivity index (χ3n) is 4.20. The quantitative estimate of drug-likeness (QED) is 0.748. The molecule has 3 heteroatoms. The summed E-state index contributed by atoms with van der Waals surface area (Å²) >= 11 is 0. The van der Waals surface area contributed by atoms with E-state index in [1.54, 1.807) is 14.2 Å². The Bertz CT molecular complexity index is 558. The lowest BCUT2D eigenvalue weighted by atomic mass is 9.78. The standard InChI is InChI=1S/C15H15NO2/c1-17-13-7-3-6-11-14(13)10-5-4-8-15(11,18-2)12(10)9-16/h3-7,10,12H,8H2,1-2H3/t10-,12-,15+/m1/s1. The first-order valence-corrected chi connectivity index (χ1v) is 6.07. The molecule has 3 atom stereocenters. The summed E-state index contributed by atoms with van der Waals surface area (Å²) in [6.45, 7) is 0. The molecule has 18 heavy (non-hydrogen) atoms. The van der Waals surface area contributed by atoms with Crippen LogP contribution in [0.1, 0.15) is 23.5 Å². The van der Waals surface area contributed by atoms with E-state index in [-0.39, 0.29) is 11.8 Å². The highest BCUT2D eigenvalue weighted by atomic mass is 16.5. The predicted octanol–water partition coefficient (Wildman–Crippen LogP) is 2.73. The average Bonchev–Trinajstić information content (AvgIpc) is 2.59. The molecule has 0 fully saturated rings. The van der Waals surface area contributed by atoms with Gasteiger partial charge in [0.15, 0.2) is 0 Å². The zero-order valence-corrected chi connectivity index (χ0v) is 10.5. The van der Waals surface area contributed by atoms with Gasteiger partial charge in [-0.05, 0) is 18.1 Å². The second-order valence-corrected chi connectivity index (χ2v) is 4.78. The van der Waals surface area contributed by atoms with Gasteiger partial charge in [0, 0.05) is 18.6 Å². The molecule has 3 rings (SSSR count). The minimum absolute atomic E-state index is 0.0786. The van der Waals surface area contributed by atoms with Gasteiger partial charge >= 0.3 is 0 Å². The van der Waals surface area contributed by atoms with E-state index in [0.29, 0.717) is 0 Å². The second kappa shape index (κ2) is 3.86. The molecule has 2 bridgehead atoms. The minimum atomic E-state index is -0.502. The van der Waals surface area contributed by atoms with Crippen molar-refractivity contribution in [2.24, 2.45) is 5.92 Å². The van der Waals surface area contributed by atoms with Gasteiger partial charge in [-0.15, -0.1) is 0 Å². The normalized spacial score (nSPS) is 31.8. The van der Waals surface area contributed by atoms with Gasteiger partial charge in [0.05, 0.1) is 19.1 Å². The molecule has 92 valence electrons. The van der Waals surface area contributed by atoms with Crippen molar-refractivity contribution in [2.75, 3.05) is 14.2 Å². The lowest BCUT2D eigenvalue weighted by Crippen LogP contribution is -2.35. The molecule has 0 N–H and O–H groups in total. The van der Waals surface area contributed by atoms with Gasteiger partial charge in [0.25, 0.3) is 0 Å². The van der Waals surface area contributed by atoms with Crippen LogP contribution < -0.4 is 4.74 Å². The fourth-order valence-corrected chi connectivity index (χ4v) is 3.40. The van der Waals surface area contributed by atoms with Crippen LogP contribution in [0.25, 0.3) is 0 Å². The number of methoxy groups -OCH3 is 2. The lowest BCUT2D eigenvalue weighted by molar-refractivity contribution is -0.0410. The first kappa shape index (κ1) is 11.3. The summed E-state index contributed by atoms with van der Waals surface area (Å²) in [5.41, 5.74) is 1.71. The monoisotopic (exact) mass is 241 g/mol. The van der Waals surface area contributed by atoms with Crippen molar-refractivity contribution in [3.8, 4) is 11.8 Å². The molecular weight excluding hydrogens is 226 g/mol. The van der Waals surface area contributed by atoms with Crippen molar-refractivity contribution in [3.05, 3.63) is 41.5 Å². The molecule has 0 radical (unpaired) electrons. The van der Waals surface area contributed by atoms with Gasteiger partial charge in [-0.3, -0.25) is 0 Å². The summed E-state index contributed by atoms with van der Waals surface area (Å²) in [7, 11) is 3.36. The van der Waals surface area contributed by atoms with Gasteiger partial charge in [-0.2, -0.15) is 5.26 Å². The summed E-state index contributed by atoms with van der Waals surface area (Å²) < 4.78 is 11.2. The Kier molecular flexibility index (Phi) is 2.42. The fourth-order valence-electron chi connectivity index (χ4n) is 3.40. The molecular formula is C15H15NO2. The van der Waals surface area contributed by atoms with Crippen LogP contribution in [0.2, 0.25) is 0 Å². The van der Waals surface area contributed by atoms with E-state index in [2.05, 4.69) is 24.3 Å². The number of hydrogen-bond donors (Lipinski definition) is 0. The molecule has 0 aliphatic heterocycles. The number of hydrogen-bond acceptors (Lipinski definition) is 3. The van der Waals surface area contributed by atoms with Crippen LogP contribution in [-0.2, 0) is 10.3 Å². The maximum atomic E-state index is 9.50. The topological polar surface area (TPSA) is 42.2 Å². The van der Waals surface area contributed by atoms with E-state index in [1.165, 1.54) is 0 Å². The van der Waals surface area contributed by atoms with Gasteiger partial charge in [0.2, 0.25) is 0 Å². The summed E-state index contributed by atoms with van der Waals surface area (Å²) in [5.74, 6) is 0.761. The highest BCUT2D eigenvalue weighted by molar-refractivity contribution is 5.56. The van der Waals surface area contributed by atoms with Gasteiger partial charge in [-0.1, -0.05) is 24.3 Å². The maximum absolute atomic E-state index is 9.50. The van der Waals surface area contributed by atoms with E-state index in [9.17, 15) is 5.26 Å². The molecule has 1 aromatic carbocycles. The molecule has 0 aromatic heterocycles. The number of fused-ring (bicyclic) bond motifs is 5. The highest BCUT2D eigenvalue weighted by Crippen LogP contribution is 2.58. The third kappa shape index (κ3) is 1.16. The number of allylic oxidation sites excluding steroid dienone is 1. The van der Waals surface area contributed by atoms with Gasteiger partial charge in [0.1, 0.15) is 11.4 Å². The summed E-state index contributed by atoms with van der Waals surface area (Å²) in [4.78, 5) is 0. The van der Waals surface area contributed by atoms with Crippen molar-refractivity contribution in [3.63, 3.8) is 0 Å². The molecule has 0 amide bonds. The number of benzene rings is 1. The minimum Gasteiger partial charge on any atom is -0.496 e. The summed E-state index contributed by atoms with van der Waals surface area (Å²) in [5, 5.41) is 9.50. The van der Waals surface area contributed by atoms with Crippen molar-refractivity contribution in [1.29, 1.82) is 5.26 Å². The molecule has 2 aliphatic rings. The van der Waals surface area contributed by atoms with Crippen molar-refractivity contribution >= 4 is 0 Å². The van der Waals surface area contributed by atoms with E-state index >= 15 is 0 Å². The first-order valence-electron chi connectivity index (χ1n) is 6.07. The second-order valence-electron chi connectivity index (χ2n) is 4.78. The number of nitriles is 1. The van der Waals surface area contributed by atoms with E-state index < -0.39 is 5.60 Å². The molecule has 2 aliphatic carbocycles. The Labute approximate surface area is 107 Å². The summed E-state index contributed by atoms with van der Waals surface area (Å²) in [6, 6.07) is 8.39. The first-order chi connectivity index (χ1) is 8.78. The smallest absolute Gasteiger partial charge is 0.123 e. The lowest BCUT2D eigenvalue weighted by Gasteiger charge is -2.34. The number of ether oxygens (including phenoxy) is 2. The molecule has 3 nitrogen and oxygen atoms in total. The molecule has 0 unspecified atom stereocenters. The van der Waals surface area contributed by atoms with Crippen LogP contribution in [0.15, 0.2) is 30.4 Å². The van der Waals surface area contributed by atoms with Crippen LogP contribution in [0, 0.1) is 17.2 Å². The van der Waals surface area contributed by atoms with E-state index in [0.717, 1.165) is 23.3 Å². The SMILES string of the molecule is COc1cccc2c1[C@@H]1C=CC[C@@]2(OC)[C@@H]1C#N. The van der Waals surface area contributed by atoms with Gasteiger partial charge < -0.3 is 9.47 Å². The maximum Gasteiger partial charge on any atom is 0.123 e. The third-order valence-corrected chi connectivity index (χ3v) is 4.20. The summed E-state index contributed by atoms with van der Waals surface area (Å²) in [6.07, 6.45) is 4.97. The van der Waals surface area contributed by atoms with Crippen LogP contribution in [0.4, 0.5) is 0 Å². The molecule has 0 spiro atoms. The van der Waals surface area contributed by atoms with E-state index in [4.69, 9.17) is 9.47 Å². The average molecular weight is 241 g/mol. The Morgan fingerprint density at radius 3 is 2.89 bits per heavy atom. The van der Waals surface area contributed by atoms with Crippen LogP contribution in [0.5, 0.6) is 5.75 Å². The molecule has 1 aromatic rings. The van der Waals surface area contributed by atoms with E-state index in [1.807, 2.05) is 12.1 Å². The van der Waals surface area contributed by atoms with Crippen LogP contribution >= 0.6 is 0 Å².